The summed E-state index contributed by atoms with van der Waals surface area (Å²) in [7, 11) is 1.71. The fourth-order valence-electron chi connectivity index (χ4n) is 1.89. The predicted octanol–water partition coefficient (Wildman–Crippen LogP) is 3.80. The molecule has 102 valence electrons. The number of unbranched alkanes of at least 4 members (excludes halogenated alkanes) is 2. The van der Waals surface area contributed by atoms with E-state index >= 15 is 0 Å². The van der Waals surface area contributed by atoms with E-state index in [1.807, 2.05) is 12.1 Å². The van der Waals surface area contributed by atoms with Crippen LogP contribution in [0.3, 0.4) is 0 Å². The second-order valence-corrected chi connectivity index (χ2v) is 5.84. The maximum absolute atomic E-state index is 5.15. The summed E-state index contributed by atoms with van der Waals surface area (Å²) >= 11 is 0. The largest absolute Gasteiger partial charge is 0.497 e. The summed E-state index contributed by atoms with van der Waals surface area (Å²) in [6.07, 6.45) is 4.97. The highest BCUT2D eigenvalue weighted by Gasteiger charge is 2.06. The molecule has 0 saturated heterocycles. The minimum absolute atomic E-state index is 0.246. The molecule has 2 nitrogen and oxygen atoms in total. The Morgan fingerprint density at radius 3 is 2.22 bits per heavy atom. The molecule has 0 aliphatic heterocycles. The molecule has 1 N–H and O–H groups in total. The van der Waals surface area contributed by atoms with Gasteiger partial charge in [0.1, 0.15) is 5.75 Å². The fourth-order valence-corrected chi connectivity index (χ4v) is 1.89. The topological polar surface area (TPSA) is 21.3 Å². The SMILES string of the molecule is COc1ccc(CCCCCNC(C)(C)C)cc1. The molecule has 0 aromatic heterocycles. The van der Waals surface area contributed by atoms with Crippen molar-refractivity contribution in [3.63, 3.8) is 0 Å². The highest BCUT2D eigenvalue weighted by Crippen LogP contribution is 2.13. The van der Waals surface area contributed by atoms with E-state index in [1.54, 1.807) is 7.11 Å². The van der Waals surface area contributed by atoms with Gasteiger partial charge in [0.05, 0.1) is 7.11 Å². The molecule has 0 fully saturated rings. The summed E-state index contributed by atoms with van der Waals surface area (Å²) < 4.78 is 5.15. The van der Waals surface area contributed by atoms with Crippen molar-refractivity contribution in [2.45, 2.75) is 52.0 Å². The van der Waals surface area contributed by atoms with Crippen molar-refractivity contribution in [1.82, 2.24) is 5.32 Å². The van der Waals surface area contributed by atoms with Gasteiger partial charge in [-0.2, -0.15) is 0 Å². The van der Waals surface area contributed by atoms with E-state index in [0.29, 0.717) is 0 Å². The summed E-state index contributed by atoms with van der Waals surface area (Å²) in [4.78, 5) is 0. The zero-order chi connectivity index (χ0) is 13.4. The lowest BCUT2D eigenvalue weighted by atomic mass is 10.1. The van der Waals surface area contributed by atoms with Crippen LogP contribution in [0, 0.1) is 0 Å². The van der Waals surface area contributed by atoms with Gasteiger partial charge in [0.2, 0.25) is 0 Å². The lowest BCUT2D eigenvalue weighted by Crippen LogP contribution is -2.36. The van der Waals surface area contributed by atoms with Crippen LogP contribution in [0.4, 0.5) is 0 Å². The number of aryl methyl sites for hydroxylation is 1. The summed E-state index contributed by atoms with van der Waals surface area (Å²) in [5, 5.41) is 3.52. The van der Waals surface area contributed by atoms with E-state index in [2.05, 4.69) is 38.2 Å². The fraction of sp³-hybridized carbons (Fsp3) is 0.625. The molecule has 0 spiro atoms. The number of methoxy groups -OCH3 is 1. The summed E-state index contributed by atoms with van der Waals surface area (Å²) in [5.74, 6) is 0.938. The first-order chi connectivity index (χ1) is 8.51. The van der Waals surface area contributed by atoms with Crippen LogP contribution in [0.5, 0.6) is 5.75 Å². The summed E-state index contributed by atoms with van der Waals surface area (Å²) in [6.45, 7) is 7.76. The molecule has 0 bridgehead atoms. The van der Waals surface area contributed by atoms with E-state index in [-0.39, 0.29) is 5.54 Å². The number of ether oxygens (including phenoxy) is 1. The van der Waals surface area contributed by atoms with Crippen LogP contribution in [0.1, 0.15) is 45.6 Å². The first-order valence-corrected chi connectivity index (χ1v) is 6.89. The van der Waals surface area contributed by atoms with E-state index < -0.39 is 0 Å². The van der Waals surface area contributed by atoms with Gasteiger partial charge in [-0.3, -0.25) is 0 Å². The van der Waals surface area contributed by atoms with E-state index in [0.717, 1.165) is 12.3 Å². The minimum atomic E-state index is 0.246. The van der Waals surface area contributed by atoms with Crippen molar-refractivity contribution in [1.29, 1.82) is 0 Å². The first kappa shape index (κ1) is 15.0. The Morgan fingerprint density at radius 2 is 1.67 bits per heavy atom. The first-order valence-electron chi connectivity index (χ1n) is 6.89. The third kappa shape index (κ3) is 6.65. The van der Waals surface area contributed by atoms with Crippen LogP contribution in [-0.2, 0) is 6.42 Å². The molecule has 18 heavy (non-hydrogen) atoms. The van der Waals surface area contributed by atoms with Crippen LogP contribution in [0.15, 0.2) is 24.3 Å². The molecular weight excluding hydrogens is 222 g/mol. The highest BCUT2D eigenvalue weighted by molar-refractivity contribution is 5.27. The average Bonchev–Trinajstić information content (AvgIpc) is 2.33. The molecule has 0 aliphatic rings. The molecule has 0 unspecified atom stereocenters. The lowest BCUT2D eigenvalue weighted by molar-refractivity contribution is 0.414. The molecule has 2 heteroatoms. The van der Waals surface area contributed by atoms with Crippen molar-refractivity contribution in [2.75, 3.05) is 13.7 Å². The summed E-state index contributed by atoms with van der Waals surface area (Å²) in [6, 6.07) is 8.39. The van der Waals surface area contributed by atoms with Crippen LogP contribution in [-0.4, -0.2) is 19.2 Å². The predicted molar refractivity (Wildman–Crippen MR) is 78.3 cm³/mol. The molecule has 0 amide bonds. The third-order valence-corrected chi connectivity index (χ3v) is 2.96. The van der Waals surface area contributed by atoms with Gasteiger partial charge in [-0.05, 0) is 64.3 Å². The average molecular weight is 249 g/mol. The summed E-state index contributed by atoms with van der Waals surface area (Å²) in [5.41, 5.74) is 1.65. The smallest absolute Gasteiger partial charge is 0.118 e. The Balaban J connectivity index is 2.10. The molecule has 1 aromatic carbocycles. The molecule has 0 saturated carbocycles. The van der Waals surface area contributed by atoms with Crippen molar-refractivity contribution < 1.29 is 4.74 Å². The van der Waals surface area contributed by atoms with Gasteiger partial charge < -0.3 is 10.1 Å². The highest BCUT2D eigenvalue weighted by atomic mass is 16.5. The quantitative estimate of drug-likeness (QED) is 0.742. The number of benzene rings is 1. The van der Waals surface area contributed by atoms with E-state index in [9.17, 15) is 0 Å². The Labute approximate surface area is 112 Å². The van der Waals surface area contributed by atoms with Gasteiger partial charge >= 0.3 is 0 Å². The molecular formula is C16H27NO. The Bertz CT molecular complexity index is 324. The van der Waals surface area contributed by atoms with Crippen LogP contribution in [0.25, 0.3) is 0 Å². The zero-order valence-electron chi connectivity index (χ0n) is 12.3. The Kier molecular flexibility index (Phi) is 6.20. The van der Waals surface area contributed by atoms with Crippen molar-refractivity contribution in [3.8, 4) is 5.75 Å². The molecule has 0 aliphatic carbocycles. The van der Waals surface area contributed by atoms with Crippen molar-refractivity contribution in [3.05, 3.63) is 29.8 Å². The Morgan fingerprint density at radius 1 is 1.00 bits per heavy atom. The number of hydrogen-bond donors (Lipinski definition) is 1. The van der Waals surface area contributed by atoms with Gasteiger partial charge in [0, 0.05) is 5.54 Å². The van der Waals surface area contributed by atoms with Gasteiger partial charge in [0.25, 0.3) is 0 Å². The Hall–Kier alpha value is -1.02. The van der Waals surface area contributed by atoms with E-state index in [1.165, 1.54) is 31.2 Å². The third-order valence-electron chi connectivity index (χ3n) is 2.96. The zero-order valence-corrected chi connectivity index (χ0v) is 12.3. The molecule has 1 aromatic rings. The van der Waals surface area contributed by atoms with Gasteiger partial charge in [-0.15, -0.1) is 0 Å². The minimum Gasteiger partial charge on any atom is -0.497 e. The maximum atomic E-state index is 5.15. The monoisotopic (exact) mass is 249 g/mol. The number of hydrogen-bond acceptors (Lipinski definition) is 2. The number of nitrogens with one attached hydrogen (secondary N) is 1. The van der Waals surface area contributed by atoms with Gasteiger partial charge in [-0.1, -0.05) is 18.6 Å². The normalized spacial score (nSPS) is 11.6. The van der Waals surface area contributed by atoms with Crippen LogP contribution >= 0.6 is 0 Å². The second kappa shape index (κ2) is 7.42. The van der Waals surface area contributed by atoms with Crippen LogP contribution in [0.2, 0.25) is 0 Å². The molecule has 0 atom stereocenters. The molecule has 1 rings (SSSR count). The van der Waals surface area contributed by atoms with Crippen LogP contribution < -0.4 is 10.1 Å². The van der Waals surface area contributed by atoms with Crippen molar-refractivity contribution in [2.24, 2.45) is 0 Å². The standard InChI is InChI=1S/C16H27NO/c1-16(2,3)17-13-7-5-6-8-14-9-11-15(18-4)12-10-14/h9-12,17H,5-8,13H2,1-4H3. The second-order valence-electron chi connectivity index (χ2n) is 5.84. The van der Waals surface area contributed by atoms with Crippen molar-refractivity contribution >= 4 is 0 Å². The lowest BCUT2D eigenvalue weighted by Gasteiger charge is -2.20. The van der Waals surface area contributed by atoms with Gasteiger partial charge in [0.15, 0.2) is 0 Å². The molecule has 0 radical (unpaired) electrons. The molecule has 0 heterocycles. The van der Waals surface area contributed by atoms with E-state index in [4.69, 9.17) is 4.74 Å². The maximum Gasteiger partial charge on any atom is 0.118 e. The van der Waals surface area contributed by atoms with Gasteiger partial charge in [-0.25, -0.2) is 0 Å². The number of rotatable bonds is 7.